The summed E-state index contributed by atoms with van der Waals surface area (Å²) < 4.78 is 128. The minimum atomic E-state index is -4.81. The Labute approximate surface area is 317 Å². The quantitative estimate of drug-likeness (QED) is 0.113. The average molecular weight is 830 g/mol. The van der Waals surface area contributed by atoms with Crippen LogP contribution in [0.3, 0.4) is 0 Å². The van der Waals surface area contributed by atoms with E-state index in [1.165, 1.54) is 18.2 Å². The van der Waals surface area contributed by atoms with Crippen LogP contribution in [0.1, 0.15) is 61.1 Å². The molecule has 1 heterocycles. The predicted octanol–water partition coefficient (Wildman–Crippen LogP) is 10.3. The standard InChI is InChI=1S/C15H5F5N2.C14H14BFN2O2.C8H3BrF3N/c1-22-14-6-13(17)12(16)5-10(14)9-3-2-8(7-21)4-11(9)15(18,19)20;1-13(2)14(3,4)20-15(19-13)11-6-12(16)10(8-18)5-9(11)7-17;9-7-2-1-5(4-13)3-6(7)8(10,11)12/h2-6H;5-6H,1-4H3;1-3H. The molecule has 1 saturated heterocycles. The number of rotatable bonds is 2. The number of nitrogens with zero attached hydrogens (tertiary/aromatic N) is 5. The van der Waals surface area contributed by atoms with Gasteiger partial charge in [-0.15, -0.1) is 0 Å². The minimum Gasteiger partial charge on any atom is -0.399 e. The maximum atomic E-state index is 13.8. The second-order valence-corrected chi connectivity index (χ2v) is 13.2. The van der Waals surface area contributed by atoms with Gasteiger partial charge in [0.15, 0.2) is 11.5 Å². The van der Waals surface area contributed by atoms with Crippen molar-refractivity contribution in [1.29, 1.82) is 21.0 Å². The first-order valence-corrected chi connectivity index (χ1v) is 16.0. The van der Waals surface area contributed by atoms with E-state index in [0.717, 1.165) is 24.3 Å². The van der Waals surface area contributed by atoms with Crippen molar-refractivity contribution in [3.8, 4) is 35.4 Å². The Balaban J connectivity index is 0.000000229. The largest absolute Gasteiger partial charge is 0.496 e. The lowest BCUT2D eigenvalue weighted by molar-refractivity contribution is -0.138. The highest BCUT2D eigenvalue weighted by Crippen LogP contribution is 2.42. The van der Waals surface area contributed by atoms with E-state index in [-0.39, 0.29) is 32.3 Å². The second-order valence-electron chi connectivity index (χ2n) is 12.3. The lowest BCUT2D eigenvalue weighted by atomic mass is 9.75. The van der Waals surface area contributed by atoms with Gasteiger partial charge in [0.1, 0.15) is 17.7 Å². The molecule has 4 aromatic rings. The van der Waals surface area contributed by atoms with E-state index in [4.69, 9.17) is 36.9 Å². The Morgan fingerprint density at radius 1 is 0.636 bits per heavy atom. The van der Waals surface area contributed by atoms with Crippen LogP contribution in [-0.2, 0) is 21.7 Å². The van der Waals surface area contributed by atoms with E-state index < -0.39 is 70.5 Å². The van der Waals surface area contributed by atoms with Crippen molar-refractivity contribution in [2.24, 2.45) is 0 Å². The molecule has 5 rings (SSSR count). The van der Waals surface area contributed by atoms with Crippen LogP contribution in [0.4, 0.5) is 45.2 Å². The van der Waals surface area contributed by atoms with Crippen molar-refractivity contribution in [3.05, 3.63) is 127 Å². The Bertz CT molecular complexity index is 2330. The summed E-state index contributed by atoms with van der Waals surface area (Å²) in [6.45, 7) is 14.4. The molecule has 0 saturated carbocycles. The third kappa shape index (κ3) is 10.0. The highest BCUT2D eigenvalue weighted by atomic mass is 79.9. The zero-order valence-electron chi connectivity index (χ0n) is 28.7. The van der Waals surface area contributed by atoms with Crippen LogP contribution >= 0.6 is 15.9 Å². The van der Waals surface area contributed by atoms with Crippen molar-refractivity contribution in [3.63, 3.8) is 0 Å². The normalized spacial score (nSPS) is 14.0. The Morgan fingerprint density at radius 3 is 1.60 bits per heavy atom. The fourth-order valence-electron chi connectivity index (χ4n) is 4.68. The van der Waals surface area contributed by atoms with Crippen LogP contribution in [-0.4, -0.2) is 18.3 Å². The summed E-state index contributed by atoms with van der Waals surface area (Å²) in [5.74, 6) is -3.37. The van der Waals surface area contributed by atoms with Crippen molar-refractivity contribution < 1.29 is 48.8 Å². The van der Waals surface area contributed by atoms with E-state index in [9.17, 15) is 39.5 Å². The van der Waals surface area contributed by atoms with Crippen LogP contribution in [0.25, 0.3) is 16.0 Å². The molecule has 4 aromatic carbocycles. The molecule has 0 bridgehead atoms. The highest BCUT2D eigenvalue weighted by Gasteiger charge is 2.52. The number of halogens is 10. The van der Waals surface area contributed by atoms with Crippen LogP contribution in [0, 0.1) is 69.3 Å². The molecule has 0 spiro atoms. The third-order valence-corrected chi connectivity index (χ3v) is 8.88. The smallest absolute Gasteiger partial charge is 0.399 e. The SMILES string of the molecule is CC1(C)OB(c2cc(F)c(C#N)cc2C#N)OC1(C)C.N#Cc1ccc(Br)c(C(F)(F)F)c1.[C-]#[N+]c1cc(F)c(F)cc1-c1ccc(C#N)cc1C(F)(F)F. The zero-order valence-corrected chi connectivity index (χ0v) is 30.3. The Morgan fingerprint density at radius 2 is 1.13 bits per heavy atom. The molecule has 1 aliphatic rings. The molecule has 1 aliphatic heterocycles. The van der Waals surface area contributed by atoms with E-state index in [2.05, 4.69) is 20.8 Å². The molecule has 0 atom stereocenters. The monoisotopic (exact) mass is 829 g/mol. The molecule has 55 heavy (non-hydrogen) atoms. The number of hydrogen-bond donors (Lipinski definition) is 0. The van der Waals surface area contributed by atoms with Crippen molar-refractivity contribution >= 4 is 34.2 Å². The molecule has 0 amide bonds. The van der Waals surface area contributed by atoms with Crippen molar-refractivity contribution in [2.75, 3.05) is 0 Å². The summed E-state index contributed by atoms with van der Waals surface area (Å²) in [6.07, 6.45) is -9.24. The summed E-state index contributed by atoms with van der Waals surface area (Å²) in [5, 5.41) is 35.0. The molecule has 0 aliphatic carbocycles. The van der Waals surface area contributed by atoms with Gasteiger partial charge in [0, 0.05) is 9.94 Å². The molecule has 0 N–H and O–H groups in total. The first-order valence-electron chi connectivity index (χ1n) is 15.2. The number of hydrogen-bond acceptors (Lipinski definition) is 6. The molecular weight excluding hydrogens is 808 g/mol. The van der Waals surface area contributed by atoms with Crippen LogP contribution < -0.4 is 5.46 Å². The van der Waals surface area contributed by atoms with Gasteiger partial charge in [0.25, 0.3) is 0 Å². The topological polar surface area (TPSA) is 118 Å². The van der Waals surface area contributed by atoms with Gasteiger partial charge in [-0.1, -0.05) is 22.0 Å². The van der Waals surface area contributed by atoms with Gasteiger partial charge in [-0.25, -0.2) is 18.0 Å². The highest BCUT2D eigenvalue weighted by molar-refractivity contribution is 9.10. The van der Waals surface area contributed by atoms with E-state index in [1.807, 2.05) is 33.8 Å². The lowest BCUT2D eigenvalue weighted by Crippen LogP contribution is -2.41. The van der Waals surface area contributed by atoms with E-state index in [1.54, 1.807) is 18.2 Å². The van der Waals surface area contributed by atoms with Crippen LogP contribution in [0.5, 0.6) is 0 Å². The number of nitriles is 4. The fraction of sp³-hybridized carbons (Fsp3) is 0.216. The van der Waals surface area contributed by atoms with Gasteiger partial charge in [-0.05, 0) is 93.4 Å². The molecule has 0 radical (unpaired) electrons. The second kappa shape index (κ2) is 16.7. The Hall–Kier alpha value is -5.84. The van der Waals surface area contributed by atoms with Gasteiger partial charge in [-0.3, -0.25) is 0 Å². The van der Waals surface area contributed by atoms with E-state index >= 15 is 0 Å². The number of alkyl halides is 6. The van der Waals surface area contributed by atoms with Gasteiger partial charge in [0.05, 0.1) is 69.4 Å². The molecule has 7 nitrogen and oxygen atoms in total. The first-order chi connectivity index (χ1) is 25.4. The molecule has 18 heteroatoms. The molecule has 280 valence electrons. The third-order valence-electron chi connectivity index (χ3n) is 8.19. The summed E-state index contributed by atoms with van der Waals surface area (Å²) >= 11 is 2.77. The average Bonchev–Trinajstić information content (AvgIpc) is 3.34. The van der Waals surface area contributed by atoms with Gasteiger partial charge >= 0.3 is 19.5 Å². The first kappa shape index (κ1) is 43.6. The van der Waals surface area contributed by atoms with Crippen LogP contribution in [0.2, 0.25) is 0 Å². The summed E-state index contributed by atoms with van der Waals surface area (Å²) in [5.41, 5.74) is -4.40. The number of benzene rings is 4. The molecule has 0 aromatic heterocycles. The Kier molecular flexibility index (Phi) is 13.2. The van der Waals surface area contributed by atoms with Gasteiger partial charge in [0.2, 0.25) is 0 Å². The van der Waals surface area contributed by atoms with Gasteiger partial charge in [-0.2, -0.15) is 47.4 Å². The minimum absolute atomic E-state index is 0.00414. The van der Waals surface area contributed by atoms with Crippen LogP contribution in [0.15, 0.2) is 65.1 Å². The molecular formula is C37H22BBrF9N5O2. The molecule has 0 unspecified atom stereocenters. The summed E-state index contributed by atoms with van der Waals surface area (Å²) in [7, 11) is -0.822. The summed E-state index contributed by atoms with van der Waals surface area (Å²) in [4.78, 5) is 2.93. The predicted molar refractivity (Wildman–Crippen MR) is 183 cm³/mol. The van der Waals surface area contributed by atoms with Gasteiger partial charge < -0.3 is 9.31 Å². The maximum absolute atomic E-state index is 13.8. The summed E-state index contributed by atoms with van der Waals surface area (Å²) in [6, 6.07) is 16.3. The zero-order chi connectivity index (χ0) is 41.7. The molecule has 1 fully saturated rings. The lowest BCUT2D eigenvalue weighted by Gasteiger charge is -2.32. The maximum Gasteiger partial charge on any atom is 0.496 e. The fourth-order valence-corrected chi connectivity index (χ4v) is 5.15. The van der Waals surface area contributed by atoms with E-state index in [0.29, 0.717) is 23.7 Å². The van der Waals surface area contributed by atoms with Crippen molar-refractivity contribution in [2.45, 2.75) is 51.2 Å². The van der Waals surface area contributed by atoms with Crippen molar-refractivity contribution in [1.82, 2.24) is 0 Å².